The van der Waals surface area contributed by atoms with Crippen molar-refractivity contribution in [3.8, 4) is 23.0 Å². The number of rotatable bonds is 8. The summed E-state index contributed by atoms with van der Waals surface area (Å²) in [6.07, 6.45) is 2.92. The number of methoxy groups -OCH3 is 2. The molecule has 0 aliphatic heterocycles. The van der Waals surface area contributed by atoms with E-state index in [0.29, 0.717) is 17.1 Å². The van der Waals surface area contributed by atoms with Gasteiger partial charge in [-0.15, -0.1) is 5.10 Å². The Balaban J connectivity index is 1.67. The van der Waals surface area contributed by atoms with E-state index < -0.39 is 21.0 Å². The normalized spacial score (nSPS) is 11.7. The summed E-state index contributed by atoms with van der Waals surface area (Å²) in [6.45, 7) is 3.24. The van der Waals surface area contributed by atoms with E-state index in [0.717, 1.165) is 5.56 Å². The molecule has 0 spiro atoms. The van der Waals surface area contributed by atoms with Gasteiger partial charge in [0, 0.05) is 11.6 Å². The molecule has 3 aromatic rings. The van der Waals surface area contributed by atoms with Crippen LogP contribution in [0.1, 0.15) is 19.4 Å². The fourth-order valence-electron chi connectivity index (χ4n) is 2.73. The third-order valence-electron chi connectivity index (χ3n) is 4.54. The first kappa shape index (κ1) is 23.0. The third kappa shape index (κ3) is 5.14. The quantitative estimate of drug-likeness (QED) is 0.510. The van der Waals surface area contributed by atoms with Crippen molar-refractivity contribution in [3.05, 3.63) is 54.1 Å². The Morgan fingerprint density at radius 3 is 2.34 bits per heavy atom. The van der Waals surface area contributed by atoms with Crippen LogP contribution in [0.4, 0.5) is 6.01 Å². The maximum absolute atomic E-state index is 12.2. The van der Waals surface area contributed by atoms with Crippen LogP contribution in [0, 0.1) is 0 Å². The number of hydrogen-bond acceptors (Lipinski definition) is 8. The van der Waals surface area contributed by atoms with Crippen LogP contribution in [-0.2, 0) is 14.6 Å². The highest BCUT2D eigenvalue weighted by Gasteiger charge is 2.19. The van der Waals surface area contributed by atoms with Gasteiger partial charge < -0.3 is 13.9 Å². The second-order valence-electron chi connectivity index (χ2n) is 6.97. The molecule has 0 aliphatic rings. The van der Waals surface area contributed by atoms with Crippen LogP contribution >= 0.6 is 0 Å². The maximum Gasteiger partial charge on any atom is 0.322 e. The Morgan fingerprint density at radius 2 is 1.72 bits per heavy atom. The summed E-state index contributed by atoms with van der Waals surface area (Å²) in [4.78, 5) is 12.4. The van der Waals surface area contributed by atoms with Crippen LogP contribution in [0.2, 0.25) is 0 Å². The molecule has 1 N–H and O–H groups in total. The van der Waals surface area contributed by atoms with Crippen LogP contribution in [0.15, 0.2) is 57.9 Å². The van der Waals surface area contributed by atoms with E-state index in [9.17, 15) is 13.2 Å². The number of amides is 1. The molecular formula is C22H23N3O6S. The molecule has 0 fully saturated rings. The van der Waals surface area contributed by atoms with Crippen LogP contribution in [0.3, 0.4) is 0 Å². The summed E-state index contributed by atoms with van der Waals surface area (Å²) >= 11 is 0. The lowest BCUT2D eigenvalue weighted by molar-refractivity contribution is -0.112. The lowest BCUT2D eigenvalue weighted by Crippen LogP contribution is -2.13. The molecule has 0 atom stereocenters. The molecular weight excluding hydrogens is 434 g/mol. The minimum atomic E-state index is -3.37. The van der Waals surface area contributed by atoms with E-state index in [4.69, 9.17) is 13.9 Å². The Kier molecular flexibility index (Phi) is 6.94. The lowest BCUT2D eigenvalue weighted by Gasteiger charge is -2.07. The molecule has 168 valence electrons. The monoisotopic (exact) mass is 457 g/mol. The van der Waals surface area contributed by atoms with Crippen molar-refractivity contribution in [1.82, 2.24) is 10.2 Å². The molecule has 0 bridgehead atoms. The summed E-state index contributed by atoms with van der Waals surface area (Å²) in [5.41, 5.74) is 1.27. The molecule has 0 radical (unpaired) electrons. The van der Waals surface area contributed by atoms with Gasteiger partial charge in [-0.3, -0.25) is 10.1 Å². The molecule has 3 rings (SSSR count). The molecule has 2 aromatic carbocycles. The van der Waals surface area contributed by atoms with Gasteiger partial charge in [-0.25, -0.2) is 8.42 Å². The SMILES string of the molecule is COc1ccc(/C=C/C(=O)Nc2nnc(-c3ccc(S(=O)(=O)C(C)C)cc3)o2)cc1OC. The summed E-state index contributed by atoms with van der Waals surface area (Å²) in [5, 5.41) is 9.65. The molecule has 10 heteroatoms. The van der Waals surface area contributed by atoms with Crippen molar-refractivity contribution in [2.75, 3.05) is 19.5 Å². The standard InChI is InChI=1S/C22H23N3O6S/c1-14(2)32(27,28)17-9-7-16(8-10-17)21-24-25-22(31-21)23-20(26)12-6-15-5-11-18(29-3)19(13-15)30-4/h5-14H,1-4H3,(H,23,25,26)/b12-6+. The maximum atomic E-state index is 12.2. The summed E-state index contributed by atoms with van der Waals surface area (Å²) in [5.74, 6) is 0.817. The highest BCUT2D eigenvalue weighted by molar-refractivity contribution is 7.92. The van der Waals surface area contributed by atoms with Gasteiger partial charge >= 0.3 is 6.01 Å². The van der Waals surface area contributed by atoms with E-state index in [-0.39, 0.29) is 16.8 Å². The molecule has 0 saturated heterocycles. The number of carbonyl (C=O) groups is 1. The molecule has 0 saturated carbocycles. The number of nitrogens with one attached hydrogen (secondary N) is 1. The second-order valence-corrected chi connectivity index (χ2v) is 9.47. The van der Waals surface area contributed by atoms with Gasteiger partial charge in [0.1, 0.15) is 0 Å². The Morgan fingerprint density at radius 1 is 1.03 bits per heavy atom. The Bertz CT molecular complexity index is 1230. The minimum absolute atomic E-state index is 0.0826. The predicted molar refractivity (Wildman–Crippen MR) is 119 cm³/mol. The smallest absolute Gasteiger partial charge is 0.322 e. The number of hydrogen-bond donors (Lipinski definition) is 1. The van der Waals surface area contributed by atoms with Gasteiger partial charge in [-0.2, -0.15) is 0 Å². The molecule has 1 aromatic heterocycles. The van der Waals surface area contributed by atoms with Crippen molar-refractivity contribution in [3.63, 3.8) is 0 Å². The topological polar surface area (TPSA) is 121 Å². The summed E-state index contributed by atoms with van der Waals surface area (Å²) in [7, 11) is -0.298. The van der Waals surface area contributed by atoms with Gasteiger partial charge in [0.2, 0.25) is 5.89 Å². The average Bonchev–Trinajstić information content (AvgIpc) is 3.25. The number of ether oxygens (including phenoxy) is 2. The molecule has 0 aliphatic carbocycles. The molecule has 9 nitrogen and oxygen atoms in total. The largest absolute Gasteiger partial charge is 0.493 e. The Hall–Kier alpha value is -3.66. The summed E-state index contributed by atoms with van der Waals surface area (Å²) < 4.78 is 40.3. The minimum Gasteiger partial charge on any atom is -0.493 e. The number of benzene rings is 2. The third-order valence-corrected chi connectivity index (χ3v) is 6.71. The van der Waals surface area contributed by atoms with Crippen molar-refractivity contribution in [2.45, 2.75) is 24.0 Å². The van der Waals surface area contributed by atoms with E-state index in [2.05, 4.69) is 15.5 Å². The van der Waals surface area contributed by atoms with Crippen LogP contribution in [-0.4, -0.2) is 44.0 Å². The number of anilines is 1. The van der Waals surface area contributed by atoms with Crippen molar-refractivity contribution < 1.29 is 27.1 Å². The lowest BCUT2D eigenvalue weighted by atomic mass is 10.2. The van der Waals surface area contributed by atoms with Crippen molar-refractivity contribution in [1.29, 1.82) is 0 Å². The molecule has 1 amide bonds. The first-order valence-corrected chi connectivity index (χ1v) is 11.2. The van der Waals surface area contributed by atoms with Gasteiger partial charge in [0.05, 0.1) is 24.4 Å². The Labute approximate surface area is 186 Å². The van der Waals surface area contributed by atoms with Gasteiger partial charge in [-0.1, -0.05) is 11.2 Å². The van der Waals surface area contributed by atoms with Gasteiger partial charge in [-0.05, 0) is 61.9 Å². The second kappa shape index (κ2) is 9.65. The average molecular weight is 458 g/mol. The van der Waals surface area contributed by atoms with Crippen LogP contribution in [0.5, 0.6) is 11.5 Å². The van der Waals surface area contributed by atoms with E-state index >= 15 is 0 Å². The fourth-order valence-corrected chi connectivity index (χ4v) is 3.78. The first-order valence-electron chi connectivity index (χ1n) is 9.63. The fraction of sp³-hybridized carbons (Fsp3) is 0.227. The van der Waals surface area contributed by atoms with E-state index in [1.54, 1.807) is 57.4 Å². The zero-order chi connectivity index (χ0) is 23.3. The number of sulfone groups is 1. The number of carbonyl (C=O) groups excluding carboxylic acids is 1. The van der Waals surface area contributed by atoms with Gasteiger partial charge in [0.25, 0.3) is 5.91 Å². The zero-order valence-electron chi connectivity index (χ0n) is 18.0. The van der Waals surface area contributed by atoms with Crippen molar-refractivity contribution >= 4 is 27.8 Å². The number of aromatic nitrogens is 2. The molecule has 0 unspecified atom stereocenters. The first-order chi connectivity index (χ1) is 15.2. The van der Waals surface area contributed by atoms with Crippen molar-refractivity contribution in [2.24, 2.45) is 0 Å². The summed E-state index contributed by atoms with van der Waals surface area (Å²) in [6, 6.07) is 11.3. The van der Waals surface area contributed by atoms with E-state index in [1.807, 2.05) is 0 Å². The van der Waals surface area contributed by atoms with E-state index in [1.165, 1.54) is 25.3 Å². The highest BCUT2D eigenvalue weighted by Crippen LogP contribution is 2.28. The highest BCUT2D eigenvalue weighted by atomic mass is 32.2. The van der Waals surface area contributed by atoms with Crippen LogP contribution in [0.25, 0.3) is 17.5 Å². The predicted octanol–water partition coefficient (Wildman–Crippen LogP) is 3.59. The number of nitrogens with zero attached hydrogens (tertiary/aromatic N) is 2. The zero-order valence-corrected chi connectivity index (χ0v) is 18.8. The molecule has 32 heavy (non-hydrogen) atoms. The van der Waals surface area contributed by atoms with Crippen LogP contribution < -0.4 is 14.8 Å². The molecule has 1 heterocycles. The van der Waals surface area contributed by atoms with Gasteiger partial charge in [0.15, 0.2) is 21.3 Å².